The number of methoxy groups -OCH3 is 1. The fraction of sp³-hybridized carbons (Fsp3) is 0.625. The molecule has 0 saturated carbocycles. The van der Waals surface area contributed by atoms with E-state index in [9.17, 15) is 9.59 Å². The van der Waals surface area contributed by atoms with E-state index in [0.29, 0.717) is 49.3 Å². The molecule has 1 unspecified atom stereocenters. The van der Waals surface area contributed by atoms with Gasteiger partial charge in [0, 0.05) is 20.1 Å². The maximum atomic E-state index is 13.3. The number of amides is 1. The Balaban J connectivity index is 2.55. The van der Waals surface area contributed by atoms with E-state index >= 15 is 0 Å². The third-order valence-electron chi connectivity index (χ3n) is 5.54. The molecule has 0 aliphatic rings. The maximum absolute atomic E-state index is 13.3. The lowest BCUT2D eigenvalue weighted by atomic mass is 10.1. The number of carbonyl (C=O) groups is 1. The molecule has 0 radical (unpaired) electrons. The highest BCUT2D eigenvalue weighted by molar-refractivity contribution is 5.78. The second-order valence-electron chi connectivity index (χ2n) is 7.76. The van der Waals surface area contributed by atoms with Crippen molar-refractivity contribution < 1.29 is 9.53 Å². The minimum atomic E-state index is -0.222. The zero-order valence-electron chi connectivity index (χ0n) is 19.0. The molecule has 0 aliphatic carbocycles. The van der Waals surface area contributed by atoms with Crippen LogP contribution in [0.15, 0.2) is 29.1 Å². The van der Waals surface area contributed by atoms with E-state index < -0.39 is 0 Å². The predicted octanol–water partition coefficient (Wildman–Crippen LogP) is 4.70. The summed E-state index contributed by atoms with van der Waals surface area (Å²) in [5.74, 6) is 0.820. The van der Waals surface area contributed by atoms with Gasteiger partial charge >= 0.3 is 0 Å². The van der Waals surface area contributed by atoms with Gasteiger partial charge < -0.3 is 9.64 Å². The Kier molecular flexibility index (Phi) is 10.0. The molecule has 30 heavy (non-hydrogen) atoms. The van der Waals surface area contributed by atoms with Crippen LogP contribution in [0.1, 0.15) is 77.6 Å². The first kappa shape index (κ1) is 24.1. The Morgan fingerprint density at radius 1 is 1.13 bits per heavy atom. The first-order valence-corrected chi connectivity index (χ1v) is 11.4. The second kappa shape index (κ2) is 12.5. The molecule has 1 amide bonds. The van der Waals surface area contributed by atoms with Gasteiger partial charge in [-0.05, 0) is 31.4 Å². The lowest BCUT2D eigenvalue weighted by Crippen LogP contribution is -2.39. The fourth-order valence-electron chi connectivity index (χ4n) is 3.84. The van der Waals surface area contributed by atoms with E-state index in [0.717, 1.165) is 32.1 Å². The van der Waals surface area contributed by atoms with Gasteiger partial charge in [-0.1, -0.05) is 52.2 Å². The average Bonchev–Trinajstić information content (AvgIpc) is 2.76. The van der Waals surface area contributed by atoms with Crippen LogP contribution in [0, 0.1) is 0 Å². The molecule has 1 atom stereocenters. The Labute approximate surface area is 180 Å². The first-order chi connectivity index (χ1) is 14.6. The van der Waals surface area contributed by atoms with Crippen molar-refractivity contribution in [2.24, 2.45) is 0 Å². The molecule has 0 aliphatic heterocycles. The van der Waals surface area contributed by atoms with Gasteiger partial charge in [0.2, 0.25) is 5.91 Å². The van der Waals surface area contributed by atoms with Crippen molar-refractivity contribution in [1.29, 1.82) is 0 Å². The number of aromatic nitrogens is 2. The summed E-state index contributed by atoms with van der Waals surface area (Å²) >= 11 is 0. The Hall–Kier alpha value is -2.21. The van der Waals surface area contributed by atoms with Crippen LogP contribution in [0.2, 0.25) is 0 Å². The smallest absolute Gasteiger partial charge is 0.261 e. The molecule has 0 fully saturated rings. The molecule has 1 aromatic heterocycles. The van der Waals surface area contributed by atoms with Crippen molar-refractivity contribution in [1.82, 2.24) is 14.5 Å². The number of rotatable bonds is 13. The van der Waals surface area contributed by atoms with Crippen LogP contribution in [-0.2, 0) is 16.1 Å². The van der Waals surface area contributed by atoms with Gasteiger partial charge in [-0.2, -0.15) is 0 Å². The molecule has 1 heterocycles. The highest BCUT2D eigenvalue weighted by Gasteiger charge is 2.27. The van der Waals surface area contributed by atoms with Crippen molar-refractivity contribution in [3.8, 4) is 0 Å². The lowest BCUT2D eigenvalue weighted by molar-refractivity contribution is -0.134. The van der Waals surface area contributed by atoms with E-state index in [4.69, 9.17) is 9.72 Å². The first-order valence-electron chi connectivity index (χ1n) is 11.4. The molecule has 0 N–H and O–H groups in total. The molecule has 1 aromatic carbocycles. The van der Waals surface area contributed by atoms with Gasteiger partial charge in [-0.3, -0.25) is 14.2 Å². The quantitative estimate of drug-likeness (QED) is 0.445. The van der Waals surface area contributed by atoms with Crippen LogP contribution in [-0.4, -0.2) is 40.6 Å². The third-order valence-corrected chi connectivity index (χ3v) is 5.54. The summed E-state index contributed by atoms with van der Waals surface area (Å²) < 4.78 is 6.96. The molecule has 0 saturated heterocycles. The van der Waals surface area contributed by atoms with Gasteiger partial charge in [-0.25, -0.2) is 4.98 Å². The van der Waals surface area contributed by atoms with Crippen LogP contribution < -0.4 is 5.56 Å². The monoisotopic (exact) mass is 415 g/mol. The summed E-state index contributed by atoms with van der Waals surface area (Å²) in [6, 6.07) is 7.21. The highest BCUT2D eigenvalue weighted by Crippen LogP contribution is 2.25. The number of fused-ring (bicyclic) bond motifs is 1. The molecule has 2 aromatic rings. The molecular weight excluding hydrogens is 378 g/mol. The van der Waals surface area contributed by atoms with Crippen molar-refractivity contribution >= 4 is 16.8 Å². The highest BCUT2D eigenvalue weighted by atomic mass is 16.5. The van der Waals surface area contributed by atoms with Crippen LogP contribution in [0.3, 0.4) is 0 Å². The third kappa shape index (κ3) is 5.91. The Morgan fingerprint density at radius 3 is 2.53 bits per heavy atom. The van der Waals surface area contributed by atoms with Crippen molar-refractivity contribution in [3.63, 3.8) is 0 Å². The minimum Gasteiger partial charge on any atom is -0.383 e. The zero-order valence-corrected chi connectivity index (χ0v) is 19.0. The van der Waals surface area contributed by atoms with E-state index in [1.807, 2.05) is 29.2 Å². The van der Waals surface area contributed by atoms with Gasteiger partial charge in [0.15, 0.2) is 0 Å². The summed E-state index contributed by atoms with van der Waals surface area (Å²) in [5.41, 5.74) is 0.611. The van der Waals surface area contributed by atoms with Crippen LogP contribution >= 0.6 is 0 Å². The Morgan fingerprint density at radius 2 is 1.87 bits per heavy atom. The molecule has 2 rings (SSSR count). The van der Waals surface area contributed by atoms with Gasteiger partial charge in [0.1, 0.15) is 5.82 Å². The summed E-state index contributed by atoms with van der Waals surface area (Å²) in [4.78, 5) is 33.2. The van der Waals surface area contributed by atoms with Gasteiger partial charge in [-0.15, -0.1) is 0 Å². The largest absolute Gasteiger partial charge is 0.383 e. The van der Waals surface area contributed by atoms with Crippen molar-refractivity contribution in [2.45, 2.75) is 78.3 Å². The normalized spacial score (nSPS) is 12.3. The lowest BCUT2D eigenvalue weighted by Gasteiger charge is -2.32. The predicted molar refractivity (Wildman–Crippen MR) is 122 cm³/mol. The SMILES string of the molecule is CCCCCN(C(=O)CCCC)C(CC)c1nc2ccccc2c(=O)n1CCOC. The topological polar surface area (TPSA) is 64.4 Å². The van der Waals surface area contributed by atoms with Gasteiger partial charge in [0.25, 0.3) is 5.56 Å². The molecule has 0 bridgehead atoms. The molecule has 6 nitrogen and oxygen atoms in total. The number of ether oxygens (including phenoxy) is 1. The molecule has 166 valence electrons. The number of hydrogen-bond donors (Lipinski definition) is 0. The van der Waals surface area contributed by atoms with E-state index in [-0.39, 0.29) is 17.5 Å². The van der Waals surface area contributed by atoms with Crippen molar-refractivity contribution in [3.05, 3.63) is 40.4 Å². The van der Waals surface area contributed by atoms with Gasteiger partial charge in [0.05, 0.1) is 30.1 Å². The number of hydrogen-bond acceptors (Lipinski definition) is 4. The average molecular weight is 416 g/mol. The number of unbranched alkanes of at least 4 members (excludes halogenated alkanes) is 3. The maximum Gasteiger partial charge on any atom is 0.261 e. The summed E-state index contributed by atoms with van der Waals surface area (Å²) in [6.07, 6.45) is 6.24. The van der Waals surface area contributed by atoms with Crippen molar-refractivity contribution in [2.75, 3.05) is 20.3 Å². The molecule has 0 spiro atoms. The van der Waals surface area contributed by atoms with Crippen LogP contribution in [0.5, 0.6) is 0 Å². The number of carbonyl (C=O) groups excluding carboxylic acids is 1. The molecular formula is C24H37N3O3. The molecule has 6 heteroatoms. The summed E-state index contributed by atoms with van der Waals surface area (Å²) in [7, 11) is 1.63. The standard InChI is InChI=1S/C24H37N3O3/c1-5-8-12-16-26(22(28)15-9-6-2)21(7-3)23-25-20-14-11-10-13-19(20)24(29)27(23)17-18-30-4/h10-11,13-14,21H,5-9,12,15-18H2,1-4H3. The zero-order chi connectivity index (χ0) is 21.9. The number of benzene rings is 1. The van der Waals surface area contributed by atoms with E-state index in [1.165, 1.54) is 0 Å². The summed E-state index contributed by atoms with van der Waals surface area (Å²) in [6.45, 7) is 7.86. The van der Waals surface area contributed by atoms with E-state index in [2.05, 4.69) is 20.8 Å². The van der Waals surface area contributed by atoms with Crippen LogP contribution in [0.4, 0.5) is 0 Å². The number of para-hydroxylation sites is 1. The minimum absolute atomic E-state index is 0.0689. The Bertz CT molecular complexity index is 862. The fourth-order valence-corrected chi connectivity index (χ4v) is 3.84. The van der Waals surface area contributed by atoms with Crippen LogP contribution in [0.25, 0.3) is 10.9 Å². The summed E-state index contributed by atoms with van der Waals surface area (Å²) in [5, 5.41) is 0.599. The number of nitrogens with zero attached hydrogens (tertiary/aromatic N) is 3. The van der Waals surface area contributed by atoms with E-state index in [1.54, 1.807) is 11.7 Å². The second-order valence-corrected chi connectivity index (χ2v) is 7.76.